The average molecular weight is 362 g/mol. The highest BCUT2D eigenvalue weighted by Gasteiger charge is 2.31. The SMILES string of the molecule is C=CCC(C(=O)C(CC=C)c1ccc(F)cc1F)c1ccc(F)cc1F. The van der Waals surface area contributed by atoms with Crippen molar-refractivity contribution in [2.45, 2.75) is 24.7 Å². The third-order valence-corrected chi connectivity index (χ3v) is 4.17. The summed E-state index contributed by atoms with van der Waals surface area (Å²) in [5.74, 6) is -5.65. The Bertz CT molecular complexity index is 761. The fourth-order valence-electron chi connectivity index (χ4n) is 2.94. The summed E-state index contributed by atoms with van der Waals surface area (Å²) in [5.41, 5.74) is 0.0146. The van der Waals surface area contributed by atoms with Crippen LogP contribution in [0.5, 0.6) is 0 Å². The first-order chi connectivity index (χ1) is 12.4. The number of halogens is 4. The van der Waals surface area contributed by atoms with Gasteiger partial charge in [-0.2, -0.15) is 0 Å². The van der Waals surface area contributed by atoms with Crippen LogP contribution < -0.4 is 0 Å². The molecule has 0 bridgehead atoms. The van der Waals surface area contributed by atoms with Crippen molar-refractivity contribution in [2.75, 3.05) is 0 Å². The number of benzene rings is 2. The molecule has 0 radical (unpaired) electrons. The Hall–Kier alpha value is -2.69. The van der Waals surface area contributed by atoms with Gasteiger partial charge in [0.1, 0.15) is 29.1 Å². The van der Waals surface area contributed by atoms with E-state index in [1.54, 1.807) is 0 Å². The summed E-state index contributed by atoms with van der Waals surface area (Å²) in [4.78, 5) is 13.1. The van der Waals surface area contributed by atoms with E-state index in [9.17, 15) is 22.4 Å². The number of ketones is 1. The van der Waals surface area contributed by atoms with Crippen LogP contribution in [0.15, 0.2) is 61.7 Å². The zero-order chi connectivity index (χ0) is 19.3. The maximum absolute atomic E-state index is 14.2. The third-order valence-electron chi connectivity index (χ3n) is 4.17. The van der Waals surface area contributed by atoms with Crippen molar-refractivity contribution in [1.82, 2.24) is 0 Å². The van der Waals surface area contributed by atoms with Gasteiger partial charge in [0, 0.05) is 24.0 Å². The van der Waals surface area contributed by atoms with E-state index in [-0.39, 0.29) is 24.0 Å². The summed E-state index contributed by atoms with van der Waals surface area (Å²) >= 11 is 0. The second-order valence-electron chi connectivity index (χ2n) is 5.89. The van der Waals surface area contributed by atoms with Crippen molar-refractivity contribution in [1.29, 1.82) is 0 Å². The third kappa shape index (κ3) is 4.28. The topological polar surface area (TPSA) is 17.1 Å². The fraction of sp³-hybridized carbons (Fsp3) is 0.190. The van der Waals surface area contributed by atoms with Crippen molar-refractivity contribution >= 4 is 5.78 Å². The molecular formula is C21H18F4O. The molecule has 5 heteroatoms. The highest BCUT2D eigenvalue weighted by Crippen LogP contribution is 2.34. The first-order valence-electron chi connectivity index (χ1n) is 8.04. The van der Waals surface area contributed by atoms with Crippen LogP contribution in [0, 0.1) is 23.3 Å². The van der Waals surface area contributed by atoms with E-state index < -0.39 is 40.9 Å². The molecule has 2 atom stereocenters. The molecule has 0 aliphatic heterocycles. The summed E-state index contributed by atoms with van der Waals surface area (Å²) in [7, 11) is 0. The monoisotopic (exact) mass is 362 g/mol. The molecule has 26 heavy (non-hydrogen) atoms. The van der Waals surface area contributed by atoms with Crippen molar-refractivity contribution in [3.8, 4) is 0 Å². The van der Waals surface area contributed by atoms with Crippen LogP contribution in [0.25, 0.3) is 0 Å². The predicted octanol–water partition coefficient (Wildman–Crippen LogP) is 5.83. The maximum Gasteiger partial charge on any atom is 0.148 e. The lowest BCUT2D eigenvalue weighted by atomic mass is 9.80. The predicted molar refractivity (Wildman–Crippen MR) is 92.8 cm³/mol. The molecule has 0 saturated carbocycles. The van der Waals surface area contributed by atoms with Gasteiger partial charge in [0.15, 0.2) is 0 Å². The van der Waals surface area contributed by atoms with Crippen LogP contribution in [-0.4, -0.2) is 5.78 Å². The number of rotatable bonds is 8. The van der Waals surface area contributed by atoms with Gasteiger partial charge in [-0.15, -0.1) is 13.2 Å². The molecule has 0 N–H and O–H groups in total. The highest BCUT2D eigenvalue weighted by molar-refractivity contribution is 5.92. The molecule has 136 valence electrons. The molecule has 0 aromatic heterocycles. The standard InChI is InChI=1S/C21H18F4O/c1-3-5-17(15-9-7-13(22)11-19(15)24)21(26)18(6-4-2)16-10-8-14(23)12-20(16)25/h3-4,7-12,17-18H,1-2,5-6H2. The lowest BCUT2D eigenvalue weighted by Gasteiger charge is -2.22. The van der Waals surface area contributed by atoms with Crippen molar-refractivity contribution < 1.29 is 22.4 Å². The Morgan fingerprint density at radius 2 is 1.19 bits per heavy atom. The van der Waals surface area contributed by atoms with Crippen LogP contribution in [-0.2, 0) is 4.79 Å². The Morgan fingerprint density at radius 3 is 1.50 bits per heavy atom. The van der Waals surface area contributed by atoms with Gasteiger partial charge in [-0.05, 0) is 36.1 Å². The smallest absolute Gasteiger partial charge is 0.148 e. The van der Waals surface area contributed by atoms with E-state index in [2.05, 4.69) is 13.2 Å². The van der Waals surface area contributed by atoms with E-state index in [0.29, 0.717) is 12.1 Å². The quantitative estimate of drug-likeness (QED) is 0.426. The highest BCUT2D eigenvalue weighted by atomic mass is 19.1. The van der Waals surface area contributed by atoms with E-state index >= 15 is 0 Å². The number of carbonyl (C=O) groups excluding carboxylic acids is 1. The van der Waals surface area contributed by atoms with Crippen molar-refractivity contribution in [2.24, 2.45) is 0 Å². The largest absolute Gasteiger partial charge is 0.298 e. The molecule has 0 spiro atoms. The molecule has 0 saturated heterocycles. The molecule has 0 aliphatic rings. The van der Waals surface area contributed by atoms with Gasteiger partial charge < -0.3 is 0 Å². The molecule has 0 heterocycles. The molecule has 0 amide bonds. The summed E-state index contributed by atoms with van der Waals surface area (Å²) < 4.78 is 54.8. The fourth-order valence-corrected chi connectivity index (χ4v) is 2.94. The van der Waals surface area contributed by atoms with Gasteiger partial charge in [0.05, 0.1) is 0 Å². The number of carbonyl (C=O) groups is 1. The Kier molecular flexibility index (Phi) is 6.50. The second-order valence-corrected chi connectivity index (χ2v) is 5.89. The van der Waals surface area contributed by atoms with E-state index in [4.69, 9.17) is 0 Å². The summed E-state index contributed by atoms with van der Waals surface area (Å²) in [6.45, 7) is 7.14. The van der Waals surface area contributed by atoms with Gasteiger partial charge in [-0.25, -0.2) is 17.6 Å². The molecule has 2 aromatic carbocycles. The molecule has 1 nitrogen and oxygen atoms in total. The summed E-state index contributed by atoms with van der Waals surface area (Å²) in [6, 6.07) is 5.90. The van der Waals surface area contributed by atoms with Gasteiger partial charge >= 0.3 is 0 Å². The number of hydrogen-bond donors (Lipinski definition) is 0. The molecule has 0 aliphatic carbocycles. The number of Topliss-reactive ketones (excluding diaryl/α,β-unsaturated/α-hetero) is 1. The van der Waals surface area contributed by atoms with Crippen LogP contribution in [0.1, 0.15) is 35.8 Å². The zero-order valence-electron chi connectivity index (χ0n) is 14.0. The number of hydrogen-bond acceptors (Lipinski definition) is 1. The van der Waals surface area contributed by atoms with E-state index in [0.717, 1.165) is 12.1 Å². The maximum atomic E-state index is 14.2. The summed E-state index contributed by atoms with van der Waals surface area (Å²) in [6.07, 6.45) is 3.07. The normalized spacial score (nSPS) is 13.1. The van der Waals surface area contributed by atoms with Gasteiger partial charge in [-0.1, -0.05) is 24.3 Å². The van der Waals surface area contributed by atoms with Gasteiger partial charge in [0.2, 0.25) is 0 Å². The van der Waals surface area contributed by atoms with Crippen molar-refractivity contribution in [3.63, 3.8) is 0 Å². The Morgan fingerprint density at radius 1 is 0.808 bits per heavy atom. The second kappa shape index (κ2) is 8.61. The van der Waals surface area contributed by atoms with E-state index in [1.165, 1.54) is 24.3 Å². The molecule has 0 fully saturated rings. The lowest BCUT2D eigenvalue weighted by molar-refractivity contribution is -0.122. The summed E-state index contributed by atoms with van der Waals surface area (Å²) in [5, 5.41) is 0. The zero-order valence-corrected chi connectivity index (χ0v) is 14.0. The molecule has 2 unspecified atom stereocenters. The average Bonchev–Trinajstić information content (AvgIpc) is 2.58. The Labute approximate surface area is 149 Å². The minimum Gasteiger partial charge on any atom is -0.298 e. The van der Waals surface area contributed by atoms with Crippen LogP contribution >= 0.6 is 0 Å². The van der Waals surface area contributed by atoms with E-state index in [1.807, 2.05) is 0 Å². The van der Waals surface area contributed by atoms with Crippen LogP contribution in [0.2, 0.25) is 0 Å². The van der Waals surface area contributed by atoms with Gasteiger partial charge in [-0.3, -0.25) is 4.79 Å². The molecule has 2 rings (SSSR count). The Balaban J connectivity index is 2.49. The molecule has 2 aromatic rings. The molecular weight excluding hydrogens is 344 g/mol. The van der Waals surface area contributed by atoms with Crippen LogP contribution in [0.4, 0.5) is 17.6 Å². The minimum atomic E-state index is -0.970. The first-order valence-corrected chi connectivity index (χ1v) is 8.04. The number of allylic oxidation sites excluding steroid dienone is 2. The lowest BCUT2D eigenvalue weighted by Crippen LogP contribution is -2.22. The minimum absolute atomic E-state index is 0.00730. The van der Waals surface area contributed by atoms with Crippen molar-refractivity contribution in [3.05, 3.63) is 96.1 Å². The first kappa shape index (κ1) is 19.6. The van der Waals surface area contributed by atoms with Gasteiger partial charge in [0.25, 0.3) is 0 Å². The van der Waals surface area contributed by atoms with Crippen LogP contribution in [0.3, 0.4) is 0 Å².